The first kappa shape index (κ1) is 16.7. The van der Waals surface area contributed by atoms with Crippen LogP contribution in [0.3, 0.4) is 0 Å². The molecule has 0 aromatic heterocycles. The molecule has 118 valence electrons. The first-order valence-electron chi connectivity index (χ1n) is 6.79. The Hall–Kier alpha value is -0.630. The molecule has 0 radical (unpaired) electrons. The molecule has 0 bridgehead atoms. The zero-order valence-corrected chi connectivity index (χ0v) is 14.0. The minimum absolute atomic E-state index is 0.0424. The zero-order chi connectivity index (χ0) is 15.7. The molecule has 1 fully saturated rings. The summed E-state index contributed by atoms with van der Waals surface area (Å²) in [7, 11) is -2.28. The second-order valence-corrected chi connectivity index (χ2v) is 9.59. The molecule has 1 N–H and O–H groups in total. The molecule has 0 saturated heterocycles. The van der Waals surface area contributed by atoms with Gasteiger partial charge in [-0.1, -0.05) is 19.8 Å². The van der Waals surface area contributed by atoms with Crippen LogP contribution in [-0.4, -0.2) is 22.9 Å². The van der Waals surface area contributed by atoms with Gasteiger partial charge in [0.1, 0.15) is 0 Å². The Morgan fingerprint density at radius 2 is 1.67 bits per heavy atom. The van der Waals surface area contributed by atoms with Crippen molar-refractivity contribution in [3.05, 3.63) is 24.3 Å². The highest BCUT2D eigenvalue weighted by atomic mass is 35.7. The maximum atomic E-state index is 12.3. The highest BCUT2D eigenvalue weighted by Gasteiger charge is 2.27. The molecule has 8 heteroatoms. The van der Waals surface area contributed by atoms with Crippen molar-refractivity contribution in [2.45, 2.75) is 48.4 Å². The van der Waals surface area contributed by atoms with Gasteiger partial charge in [0.25, 0.3) is 9.05 Å². The smallest absolute Gasteiger partial charge is 0.208 e. The van der Waals surface area contributed by atoms with Crippen molar-refractivity contribution in [3.63, 3.8) is 0 Å². The molecule has 1 aromatic carbocycles. The molecule has 0 amide bonds. The highest BCUT2D eigenvalue weighted by Crippen LogP contribution is 2.34. The van der Waals surface area contributed by atoms with Gasteiger partial charge in [-0.05, 0) is 43.0 Å². The van der Waals surface area contributed by atoms with E-state index >= 15 is 0 Å². The summed E-state index contributed by atoms with van der Waals surface area (Å²) in [5, 5.41) is 0. The van der Waals surface area contributed by atoms with Crippen molar-refractivity contribution in [2.24, 2.45) is 5.92 Å². The van der Waals surface area contributed by atoms with Gasteiger partial charge in [-0.3, -0.25) is 0 Å². The molecule has 0 heterocycles. The van der Waals surface area contributed by atoms with Gasteiger partial charge in [0.05, 0.1) is 9.79 Å². The summed E-state index contributed by atoms with van der Waals surface area (Å²) in [6.45, 7) is 1.94. The van der Waals surface area contributed by atoms with Gasteiger partial charge in [0.2, 0.25) is 10.0 Å². The molecule has 2 rings (SSSR count). The van der Waals surface area contributed by atoms with Crippen molar-refractivity contribution < 1.29 is 16.8 Å². The van der Waals surface area contributed by atoms with Crippen molar-refractivity contribution in [1.82, 2.24) is 4.72 Å². The summed E-state index contributed by atoms with van der Waals surface area (Å²) in [6.07, 6.45) is 3.91. The molecule has 1 unspecified atom stereocenters. The normalized spacial score (nSPS) is 17.6. The molecule has 1 aromatic rings. The van der Waals surface area contributed by atoms with Crippen LogP contribution in [0.2, 0.25) is 0 Å². The van der Waals surface area contributed by atoms with E-state index in [-0.39, 0.29) is 15.8 Å². The molecular weight excluding hydrogens is 334 g/mol. The Bertz CT molecular complexity index is 694. The van der Waals surface area contributed by atoms with Crippen LogP contribution in [0, 0.1) is 5.92 Å². The molecule has 5 nitrogen and oxygen atoms in total. The average Bonchev–Trinajstić information content (AvgIpc) is 3.21. The van der Waals surface area contributed by atoms with E-state index in [2.05, 4.69) is 4.72 Å². The van der Waals surface area contributed by atoms with Gasteiger partial charge >= 0.3 is 0 Å². The topological polar surface area (TPSA) is 80.3 Å². The summed E-state index contributed by atoms with van der Waals surface area (Å²) in [5.74, 6) is 0.626. The number of benzene rings is 1. The minimum Gasteiger partial charge on any atom is -0.208 e. The van der Waals surface area contributed by atoms with E-state index in [1.165, 1.54) is 37.1 Å². The van der Waals surface area contributed by atoms with Crippen LogP contribution in [-0.2, 0) is 19.1 Å². The highest BCUT2D eigenvalue weighted by molar-refractivity contribution is 8.13. The van der Waals surface area contributed by atoms with Crippen molar-refractivity contribution in [3.8, 4) is 0 Å². The van der Waals surface area contributed by atoms with E-state index in [1.54, 1.807) is 0 Å². The van der Waals surface area contributed by atoms with Crippen LogP contribution in [0.25, 0.3) is 0 Å². The lowest BCUT2D eigenvalue weighted by Crippen LogP contribution is -2.34. The predicted molar refractivity (Wildman–Crippen MR) is 81.2 cm³/mol. The maximum Gasteiger partial charge on any atom is 0.261 e. The van der Waals surface area contributed by atoms with Gasteiger partial charge in [-0.2, -0.15) is 0 Å². The monoisotopic (exact) mass is 351 g/mol. The Morgan fingerprint density at radius 1 is 1.14 bits per heavy atom. The number of hydrogen-bond acceptors (Lipinski definition) is 4. The van der Waals surface area contributed by atoms with Crippen LogP contribution in [0.15, 0.2) is 34.1 Å². The molecule has 1 atom stereocenters. The minimum atomic E-state index is -3.84. The molecule has 1 saturated carbocycles. The SMILES string of the molecule is CCC(CC1CC1)NS(=O)(=O)c1ccc(S(=O)(=O)Cl)cc1. The lowest BCUT2D eigenvalue weighted by atomic mass is 10.1. The van der Waals surface area contributed by atoms with Crippen LogP contribution < -0.4 is 4.72 Å². The fourth-order valence-electron chi connectivity index (χ4n) is 2.12. The van der Waals surface area contributed by atoms with E-state index in [0.717, 1.165) is 12.8 Å². The van der Waals surface area contributed by atoms with Crippen molar-refractivity contribution in [1.29, 1.82) is 0 Å². The third kappa shape index (κ3) is 4.67. The van der Waals surface area contributed by atoms with Gasteiger partial charge in [-0.25, -0.2) is 21.6 Å². The molecule has 21 heavy (non-hydrogen) atoms. The van der Waals surface area contributed by atoms with Crippen molar-refractivity contribution in [2.75, 3.05) is 0 Å². The molecule has 0 aliphatic heterocycles. The van der Waals surface area contributed by atoms with E-state index in [0.29, 0.717) is 5.92 Å². The summed E-state index contributed by atoms with van der Waals surface area (Å²) in [6, 6.07) is 4.80. The third-order valence-corrected chi connectivity index (χ3v) is 6.45. The summed E-state index contributed by atoms with van der Waals surface area (Å²) in [5.41, 5.74) is 0. The fourth-order valence-corrected chi connectivity index (χ4v) is 4.22. The number of rotatable bonds is 7. The van der Waals surface area contributed by atoms with Crippen LogP contribution in [0.5, 0.6) is 0 Å². The first-order chi connectivity index (χ1) is 9.72. The average molecular weight is 352 g/mol. The zero-order valence-electron chi connectivity index (χ0n) is 11.6. The summed E-state index contributed by atoms with van der Waals surface area (Å²) < 4.78 is 49.5. The second-order valence-electron chi connectivity index (χ2n) is 5.31. The van der Waals surface area contributed by atoms with Crippen LogP contribution in [0.4, 0.5) is 0 Å². The summed E-state index contributed by atoms with van der Waals surface area (Å²) in [4.78, 5) is -0.0750. The van der Waals surface area contributed by atoms with Gasteiger partial charge in [0, 0.05) is 16.7 Å². The molecular formula is C13H18ClNO4S2. The van der Waals surface area contributed by atoms with Crippen molar-refractivity contribution >= 4 is 29.8 Å². The number of halogens is 1. The lowest BCUT2D eigenvalue weighted by Gasteiger charge is -2.16. The largest absolute Gasteiger partial charge is 0.261 e. The van der Waals surface area contributed by atoms with Gasteiger partial charge in [-0.15, -0.1) is 0 Å². The predicted octanol–water partition coefficient (Wildman–Crippen LogP) is 2.47. The molecule has 1 aliphatic carbocycles. The van der Waals surface area contributed by atoms with E-state index in [9.17, 15) is 16.8 Å². The summed E-state index contributed by atoms with van der Waals surface area (Å²) >= 11 is 0. The standard InChI is InChI=1S/C13H18ClNO4S2/c1-2-11(9-10-3-4-10)15-21(18,19)13-7-5-12(6-8-13)20(14,16)17/h5-8,10-11,15H,2-4,9H2,1H3. The third-order valence-electron chi connectivity index (χ3n) is 3.54. The number of sulfonamides is 1. The van der Waals surface area contributed by atoms with Crippen LogP contribution >= 0.6 is 10.7 Å². The first-order valence-corrected chi connectivity index (χ1v) is 10.6. The molecule has 1 aliphatic rings. The Balaban J connectivity index is 2.14. The maximum absolute atomic E-state index is 12.3. The Labute approximate surface area is 130 Å². The van der Waals surface area contributed by atoms with E-state index in [1.807, 2.05) is 6.92 Å². The van der Waals surface area contributed by atoms with E-state index in [4.69, 9.17) is 10.7 Å². The molecule has 0 spiro atoms. The Morgan fingerprint density at radius 3 is 2.10 bits per heavy atom. The lowest BCUT2D eigenvalue weighted by molar-refractivity contribution is 0.495. The van der Waals surface area contributed by atoms with Gasteiger partial charge in [0.15, 0.2) is 0 Å². The number of nitrogens with one attached hydrogen (secondary N) is 1. The Kier molecular flexibility index (Phi) is 4.97. The quantitative estimate of drug-likeness (QED) is 0.765. The second kappa shape index (κ2) is 6.24. The van der Waals surface area contributed by atoms with Crippen LogP contribution in [0.1, 0.15) is 32.6 Å². The fraction of sp³-hybridized carbons (Fsp3) is 0.538. The van der Waals surface area contributed by atoms with E-state index < -0.39 is 19.1 Å². The number of hydrogen-bond donors (Lipinski definition) is 1. The van der Waals surface area contributed by atoms with Gasteiger partial charge < -0.3 is 0 Å².